The van der Waals surface area contributed by atoms with Gasteiger partial charge in [-0.1, -0.05) is 37.3 Å². The summed E-state index contributed by atoms with van der Waals surface area (Å²) in [4.78, 5) is 12.9. The summed E-state index contributed by atoms with van der Waals surface area (Å²) < 4.78 is 32.6. The molecule has 1 aliphatic carbocycles. The zero-order chi connectivity index (χ0) is 20.1. The van der Waals surface area contributed by atoms with Crippen LogP contribution in [0.3, 0.4) is 0 Å². The molecular formula is C20H29ClN2O4S. The average Bonchev–Trinajstić information content (AvgIpc) is 2.96. The molecule has 1 saturated heterocycles. The number of piperidine rings is 1. The van der Waals surface area contributed by atoms with Crippen LogP contribution in [0.2, 0.25) is 5.02 Å². The number of methoxy groups -OCH3 is 1. The number of sulfonamides is 1. The van der Waals surface area contributed by atoms with Gasteiger partial charge in [0.1, 0.15) is 5.75 Å². The maximum Gasteiger partial charge on any atom is 0.243 e. The lowest BCUT2D eigenvalue weighted by atomic mass is 9.97. The number of nitrogens with one attached hydrogen (secondary N) is 1. The first-order valence-electron chi connectivity index (χ1n) is 10.1. The smallest absolute Gasteiger partial charge is 0.243 e. The van der Waals surface area contributed by atoms with Crippen LogP contribution in [0.15, 0.2) is 23.1 Å². The van der Waals surface area contributed by atoms with Crippen LogP contribution in [0.25, 0.3) is 0 Å². The molecule has 0 aromatic heterocycles. The number of amides is 1. The molecule has 1 heterocycles. The molecule has 1 N–H and O–H groups in total. The summed E-state index contributed by atoms with van der Waals surface area (Å²) in [7, 11) is -2.22. The Balaban J connectivity index is 1.67. The van der Waals surface area contributed by atoms with E-state index in [-0.39, 0.29) is 34.3 Å². The fourth-order valence-electron chi connectivity index (χ4n) is 4.07. The summed E-state index contributed by atoms with van der Waals surface area (Å²) in [5, 5.41) is 3.42. The molecule has 0 unspecified atom stereocenters. The number of halogens is 1. The lowest BCUT2D eigenvalue weighted by Crippen LogP contribution is -2.47. The van der Waals surface area contributed by atoms with E-state index in [0.29, 0.717) is 25.1 Å². The minimum Gasteiger partial charge on any atom is -0.495 e. The van der Waals surface area contributed by atoms with Gasteiger partial charge in [0.05, 0.1) is 22.9 Å². The average molecular weight is 429 g/mol. The molecule has 8 heteroatoms. The fourth-order valence-corrected chi connectivity index (χ4v) is 5.95. The Morgan fingerprint density at radius 3 is 2.50 bits per heavy atom. The largest absolute Gasteiger partial charge is 0.495 e. The van der Waals surface area contributed by atoms with Crippen molar-refractivity contribution in [3.63, 3.8) is 0 Å². The second-order valence-corrected chi connectivity index (χ2v) is 10.0. The summed E-state index contributed by atoms with van der Waals surface area (Å²) in [6.45, 7) is 0.629. The van der Waals surface area contributed by atoms with E-state index in [1.165, 1.54) is 36.4 Å². The van der Waals surface area contributed by atoms with Crippen molar-refractivity contribution in [3.8, 4) is 5.75 Å². The first kappa shape index (κ1) is 21.4. The van der Waals surface area contributed by atoms with E-state index in [1.54, 1.807) is 6.07 Å². The lowest BCUT2D eigenvalue weighted by molar-refractivity contribution is -0.126. The van der Waals surface area contributed by atoms with Crippen LogP contribution in [-0.2, 0) is 14.8 Å². The Labute approximate surface area is 172 Å². The molecule has 1 amide bonds. The van der Waals surface area contributed by atoms with Crippen LogP contribution < -0.4 is 10.1 Å². The summed E-state index contributed by atoms with van der Waals surface area (Å²) in [5.74, 6) is 0.111. The van der Waals surface area contributed by atoms with Gasteiger partial charge in [-0.2, -0.15) is 4.31 Å². The Morgan fingerprint density at radius 2 is 1.86 bits per heavy atom. The molecule has 0 bridgehead atoms. The van der Waals surface area contributed by atoms with E-state index in [1.807, 2.05) is 0 Å². The third-order valence-electron chi connectivity index (χ3n) is 5.72. The molecular weight excluding hydrogens is 400 g/mol. The molecule has 1 saturated carbocycles. The Bertz CT molecular complexity index is 791. The van der Waals surface area contributed by atoms with Crippen molar-refractivity contribution in [3.05, 3.63) is 23.2 Å². The monoisotopic (exact) mass is 428 g/mol. The molecule has 6 nitrogen and oxygen atoms in total. The number of hydrogen-bond acceptors (Lipinski definition) is 4. The van der Waals surface area contributed by atoms with Crippen LogP contribution in [-0.4, -0.2) is 44.9 Å². The maximum absolute atomic E-state index is 13.0. The number of nitrogens with zero attached hydrogens (tertiary/aromatic N) is 1. The van der Waals surface area contributed by atoms with Crippen LogP contribution in [0, 0.1) is 5.92 Å². The van der Waals surface area contributed by atoms with Crippen LogP contribution in [0.4, 0.5) is 0 Å². The zero-order valence-electron chi connectivity index (χ0n) is 16.3. The summed E-state index contributed by atoms with van der Waals surface area (Å²) in [6, 6.07) is 4.68. The number of rotatable bonds is 5. The number of hydrogen-bond donors (Lipinski definition) is 1. The van der Waals surface area contributed by atoms with Gasteiger partial charge in [-0.25, -0.2) is 8.42 Å². The fraction of sp³-hybridized carbons (Fsp3) is 0.650. The minimum absolute atomic E-state index is 0.0143. The third-order valence-corrected chi connectivity index (χ3v) is 7.87. The van der Waals surface area contributed by atoms with Gasteiger partial charge in [-0.3, -0.25) is 4.79 Å². The highest BCUT2D eigenvalue weighted by molar-refractivity contribution is 7.89. The lowest BCUT2D eigenvalue weighted by Gasteiger charge is -2.32. The molecule has 3 rings (SSSR count). The molecule has 156 valence electrons. The van der Waals surface area contributed by atoms with E-state index in [2.05, 4.69) is 5.32 Å². The predicted octanol–water partition coefficient (Wildman–Crippen LogP) is 3.59. The third kappa shape index (κ3) is 4.99. The Kier molecular flexibility index (Phi) is 7.23. The number of benzene rings is 1. The quantitative estimate of drug-likeness (QED) is 0.727. The van der Waals surface area contributed by atoms with E-state index >= 15 is 0 Å². The Hall–Kier alpha value is -1.31. The SMILES string of the molecule is COc1ccc(S(=O)(=O)N2CCC[C@@H](C(=O)NC3CCCCCC3)C2)cc1Cl. The molecule has 2 fully saturated rings. The predicted molar refractivity (Wildman–Crippen MR) is 109 cm³/mol. The summed E-state index contributed by atoms with van der Waals surface area (Å²) >= 11 is 6.10. The highest BCUT2D eigenvalue weighted by Gasteiger charge is 2.34. The molecule has 2 aliphatic rings. The van der Waals surface area contributed by atoms with Gasteiger partial charge in [0.2, 0.25) is 15.9 Å². The molecule has 28 heavy (non-hydrogen) atoms. The maximum atomic E-state index is 13.0. The van der Waals surface area contributed by atoms with Gasteiger partial charge in [0.15, 0.2) is 0 Å². The Morgan fingerprint density at radius 1 is 1.14 bits per heavy atom. The highest BCUT2D eigenvalue weighted by Crippen LogP contribution is 2.30. The molecule has 0 spiro atoms. The second-order valence-electron chi connectivity index (χ2n) is 7.70. The number of carbonyl (C=O) groups excluding carboxylic acids is 1. The van der Waals surface area contributed by atoms with Gasteiger partial charge in [0, 0.05) is 19.1 Å². The second kappa shape index (κ2) is 9.46. The van der Waals surface area contributed by atoms with Gasteiger partial charge < -0.3 is 10.1 Å². The van der Waals surface area contributed by atoms with Gasteiger partial charge in [-0.05, 0) is 43.9 Å². The number of ether oxygens (including phenoxy) is 1. The summed E-state index contributed by atoms with van der Waals surface area (Å²) in [5.41, 5.74) is 0. The number of carbonyl (C=O) groups is 1. The van der Waals surface area contributed by atoms with Crippen molar-refractivity contribution < 1.29 is 17.9 Å². The standard InChI is InChI=1S/C20H29ClN2O4S/c1-27-19-11-10-17(13-18(19)21)28(25,26)23-12-6-7-15(14-23)20(24)22-16-8-4-2-3-5-9-16/h10-11,13,15-16H,2-9,12,14H2,1H3,(H,22,24)/t15-/m1/s1. The van der Waals surface area contributed by atoms with Crippen molar-refractivity contribution in [1.29, 1.82) is 0 Å². The van der Waals surface area contributed by atoms with E-state index in [9.17, 15) is 13.2 Å². The van der Waals surface area contributed by atoms with E-state index < -0.39 is 10.0 Å². The minimum atomic E-state index is -3.70. The molecule has 0 radical (unpaired) electrons. The van der Waals surface area contributed by atoms with E-state index in [4.69, 9.17) is 16.3 Å². The molecule has 1 aliphatic heterocycles. The molecule has 1 aromatic rings. The zero-order valence-corrected chi connectivity index (χ0v) is 17.9. The van der Waals surface area contributed by atoms with E-state index in [0.717, 1.165) is 25.7 Å². The van der Waals surface area contributed by atoms with Crippen LogP contribution in [0.5, 0.6) is 5.75 Å². The van der Waals surface area contributed by atoms with Gasteiger partial charge >= 0.3 is 0 Å². The van der Waals surface area contributed by atoms with Crippen molar-refractivity contribution in [1.82, 2.24) is 9.62 Å². The first-order chi connectivity index (χ1) is 13.4. The summed E-state index contributed by atoms with van der Waals surface area (Å²) in [6.07, 6.45) is 8.18. The van der Waals surface area contributed by atoms with Crippen molar-refractivity contribution in [2.75, 3.05) is 20.2 Å². The van der Waals surface area contributed by atoms with Gasteiger partial charge in [-0.15, -0.1) is 0 Å². The van der Waals surface area contributed by atoms with Crippen molar-refractivity contribution in [2.24, 2.45) is 5.92 Å². The van der Waals surface area contributed by atoms with Crippen molar-refractivity contribution in [2.45, 2.75) is 62.3 Å². The molecule has 1 aromatic carbocycles. The van der Waals surface area contributed by atoms with Crippen molar-refractivity contribution >= 4 is 27.5 Å². The topological polar surface area (TPSA) is 75.7 Å². The normalized spacial score (nSPS) is 22.4. The highest BCUT2D eigenvalue weighted by atomic mass is 35.5. The molecule has 1 atom stereocenters. The first-order valence-corrected chi connectivity index (χ1v) is 11.9. The van der Waals surface area contributed by atoms with Crippen LogP contribution >= 0.6 is 11.6 Å². The van der Waals surface area contributed by atoms with Gasteiger partial charge in [0.25, 0.3) is 0 Å². The van der Waals surface area contributed by atoms with Crippen LogP contribution in [0.1, 0.15) is 51.4 Å².